The second-order valence-electron chi connectivity index (χ2n) is 3.68. The normalized spacial score (nSPS) is 19.3. The average molecular weight is 248 g/mol. The van der Waals surface area contributed by atoms with E-state index in [1.165, 1.54) is 5.06 Å². The number of hydroxylamine groups is 2. The molecule has 16 heavy (non-hydrogen) atoms. The molecule has 94 valence electrons. The van der Waals surface area contributed by atoms with Gasteiger partial charge in [0.1, 0.15) is 0 Å². The summed E-state index contributed by atoms with van der Waals surface area (Å²) in [5.41, 5.74) is 0. The van der Waals surface area contributed by atoms with E-state index in [4.69, 9.17) is 4.28 Å². The quantitative estimate of drug-likeness (QED) is 0.694. The van der Waals surface area contributed by atoms with Gasteiger partial charge in [-0.3, -0.25) is 0 Å². The Morgan fingerprint density at radius 1 is 1.31 bits per heavy atom. The topological polar surface area (TPSA) is 58.6 Å². The molecule has 6 heteroatoms. The first-order valence-corrected chi connectivity index (χ1v) is 7.25. The molecule has 1 saturated heterocycles. The maximum absolute atomic E-state index is 11.5. The van der Waals surface area contributed by atoms with Crippen LogP contribution in [-0.4, -0.2) is 45.4 Å². The van der Waals surface area contributed by atoms with Crippen molar-refractivity contribution >= 4 is 10.1 Å². The minimum atomic E-state index is -3.41. The lowest BCUT2D eigenvalue weighted by molar-refractivity contribution is -0.0596. The molecule has 0 aromatic carbocycles. The molecular formula is C10H20N2O3S. The van der Waals surface area contributed by atoms with Crippen LogP contribution in [0.1, 0.15) is 19.8 Å². The lowest BCUT2D eigenvalue weighted by atomic mass is 10.4. The average Bonchev–Trinajstić information content (AvgIpc) is 2.25. The highest BCUT2D eigenvalue weighted by molar-refractivity contribution is 7.86. The molecule has 0 aromatic rings. The highest BCUT2D eigenvalue weighted by Gasteiger charge is 2.18. The molecule has 0 atom stereocenters. The van der Waals surface area contributed by atoms with Crippen molar-refractivity contribution in [1.29, 1.82) is 0 Å². The zero-order valence-electron chi connectivity index (χ0n) is 9.68. The molecule has 0 aliphatic carbocycles. The summed E-state index contributed by atoms with van der Waals surface area (Å²) in [6.45, 7) is 4.78. The van der Waals surface area contributed by atoms with Crippen molar-refractivity contribution in [3.05, 3.63) is 12.2 Å². The van der Waals surface area contributed by atoms with Crippen LogP contribution in [0, 0.1) is 0 Å². The van der Waals surface area contributed by atoms with Crippen LogP contribution in [0.5, 0.6) is 0 Å². The highest BCUT2D eigenvalue weighted by atomic mass is 32.2. The Bertz CT molecular complexity index is 308. The van der Waals surface area contributed by atoms with Gasteiger partial charge in [0.05, 0.1) is 5.75 Å². The fraction of sp³-hybridized carbons (Fsp3) is 0.800. The van der Waals surface area contributed by atoms with Gasteiger partial charge in [0, 0.05) is 26.2 Å². The van der Waals surface area contributed by atoms with E-state index < -0.39 is 10.1 Å². The van der Waals surface area contributed by atoms with Crippen molar-refractivity contribution in [2.45, 2.75) is 19.8 Å². The monoisotopic (exact) mass is 248 g/mol. The van der Waals surface area contributed by atoms with Crippen LogP contribution in [0.15, 0.2) is 12.2 Å². The van der Waals surface area contributed by atoms with Crippen molar-refractivity contribution in [2.75, 3.05) is 31.9 Å². The Balaban J connectivity index is 2.29. The van der Waals surface area contributed by atoms with E-state index in [0.717, 1.165) is 19.5 Å². The van der Waals surface area contributed by atoms with E-state index in [1.807, 2.05) is 19.1 Å². The van der Waals surface area contributed by atoms with Crippen molar-refractivity contribution < 1.29 is 12.7 Å². The standard InChI is InChI=1S/C10H20N2O3S/c1-2-3-4-5-10-16(13,14)15-12-8-6-11-7-9-12/h3-4,11H,2,5-10H2,1H3. The molecule has 0 unspecified atom stereocenters. The third-order valence-corrected chi connectivity index (χ3v) is 3.41. The molecule has 0 saturated carbocycles. The Morgan fingerprint density at radius 3 is 2.62 bits per heavy atom. The summed E-state index contributed by atoms with van der Waals surface area (Å²) in [7, 11) is -3.41. The molecule has 1 fully saturated rings. The van der Waals surface area contributed by atoms with Gasteiger partial charge in [-0.15, -0.1) is 0 Å². The van der Waals surface area contributed by atoms with E-state index in [1.54, 1.807) is 0 Å². The number of hydrogen-bond acceptors (Lipinski definition) is 5. The lowest BCUT2D eigenvalue weighted by Crippen LogP contribution is -2.44. The van der Waals surface area contributed by atoms with Crippen LogP contribution < -0.4 is 5.32 Å². The number of allylic oxidation sites excluding steroid dienone is 2. The predicted octanol–water partition coefficient (Wildman–Crippen LogP) is 0.509. The van der Waals surface area contributed by atoms with Gasteiger partial charge in [-0.1, -0.05) is 19.1 Å². The number of nitrogens with zero attached hydrogens (tertiary/aromatic N) is 1. The maximum atomic E-state index is 11.5. The molecule has 0 bridgehead atoms. The van der Waals surface area contributed by atoms with Gasteiger partial charge in [0.15, 0.2) is 0 Å². The van der Waals surface area contributed by atoms with Crippen LogP contribution in [0.3, 0.4) is 0 Å². The minimum absolute atomic E-state index is 0.0490. The summed E-state index contributed by atoms with van der Waals surface area (Å²) in [6.07, 6.45) is 5.28. The number of rotatable bonds is 6. The van der Waals surface area contributed by atoms with Gasteiger partial charge in [-0.05, 0) is 12.8 Å². The molecule has 0 spiro atoms. The zero-order valence-corrected chi connectivity index (χ0v) is 10.5. The van der Waals surface area contributed by atoms with Crippen LogP contribution in [-0.2, 0) is 14.4 Å². The molecule has 5 nitrogen and oxygen atoms in total. The first-order valence-electron chi connectivity index (χ1n) is 5.67. The van der Waals surface area contributed by atoms with Gasteiger partial charge in [0.25, 0.3) is 10.1 Å². The third kappa shape index (κ3) is 5.60. The molecule has 1 rings (SSSR count). The Hall–Kier alpha value is -0.430. The fourth-order valence-corrected chi connectivity index (χ4v) is 2.38. The van der Waals surface area contributed by atoms with Gasteiger partial charge in [0.2, 0.25) is 0 Å². The van der Waals surface area contributed by atoms with E-state index in [9.17, 15) is 8.42 Å². The molecule has 0 radical (unpaired) electrons. The first-order chi connectivity index (χ1) is 7.64. The van der Waals surface area contributed by atoms with Crippen molar-refractivity contribution in [3.63, 3.8) is 0 Å². The van der Waals surface area contributed by atoms with Gasteiger partial charge in [-0.2, -0.15) is 17.8 Å². The van der Waals surface area contributed by atoms with Gasteiger partial charge >= 0.3 is 0 Å². The van der Waals surface area contributed by atoms with Crippen LogP contribution in [0.4, 0.5) is 0 Å². The second-order valence-corrected chi connectivity index (χ2v) is 5.36. The predicted molar refractivity (Wildman–Crippen MR) is 63.4 cm³/mol. The van der Waals surface area contributed by atoms with Crippen molar-refractivity contribution in [2.24, 2.45) is 0 Å². The maximum Gasteiger partial charge on any atom is 0.283 e. The Labute approximate surface area is 97.5 Å². The summed E-state index contributed by atoms with van der Waals surface area (Å²) >= 11 is 0. The SMILES string of the molecule is CCC=CCCS(=O)(=O)ON1CCNCC1. The third-order valence-electron chi connectivity index (χ3n) is 2.23. The summed E-state index contributed by atoms with van der Waals surface area (Å²) in [6, 6.07) is 0. The summed E-state index contributed by atoms with van der Waals surface area (Å²) in [5, 5.41) is 4.64. The van der Waals surface area contributed by atoms with Crippen molar-refractivity contribution in [1.82, 2.24) is 10.4 Å². The molecule has 1 aliphatic heterocycles. The molecule has 1 N–H and O–H groups in total. The summed E-state index contributed by atoms with van der Waals surface area (Å²) in [4.78, 5) is 0. The molecule has 1 aliphatic rings. The van der Waals surface area contributed by atoms with Gasteiger partial charge in [-0.25, -0.2) is 0 Å². The highest BCUT2D eigenvalue weighted by Crippen LogP contribution is 2.03. The smallest absolute Gasteiger partial charge is 0.283 e. The van der Waals surface area contributed by atoms with Crippen LogP contribution in [0.2, 0.25) is 0 Å². The largest absolute Gasteiger partial charge is 0.314 e. The van der Waals surface area contributed by atoms with Gasteiger partial charge < -0.3 is 5.32 Å². The molecule has 1 heterocycles. The summed E-state index contributed by atoms with van der Waals surface area (Å²) in [5.74, 6) is 0.0490. The van der Waals surface area contributed by atoms with E-state index >= 15 is 0 Å². The van der Waals surface area contributed by atoms with Crippen LogP contribution in [0.25, 0.3) is 0 Å². The fourth-order valence-electron chi connectivity index (χ4n) is 1.41. The van der Waals surface area contributed by atoms with E-state index in [2.05, 4.69) is 5.32 Å². The number of nitrogens with one attached hydrogen (secondary N) is 1. The number of hydrogen-bond donors (Lipinski definition) is 1. The molecule has 0 amide bonds. The number of piperazine rings is 1. The summed E-state index contributed by atoms with van der Waals surface area (Å²) < 4.78 is 28.1. The van der Waals surface area contributed by atoms with E-state index in [-0.39, 0.29) is 5.75 Å². The van der Waals surface area contributed by atoms with E-state index in [0.29, 0.717) is 19.5 Å². The molecular weight excluding hydrogens is 228 g/mol. The lowest BCUT2D eigenvalue weighted by Gasteiger charge is -2.25. The van der Waals surface area contributed by atoms with Crippen molar-refractivity contribution in [3.8, 4) is 0 Å². The minimum Gasteiger partial charge on any atom is -0.314 e. The zero-order chi connectivity index (χ0) is 11.9. The first kappa shape index (κ1) is 13.6. The Kier molecular flexibility index (Phi) is 5.97. The van der Waals surface area contributed by atoms with Crippen LogP contribution >= 0.6 is 0 Å². The second kappa shape index (κ2) is 7.01. The molecule has 0 aromatic heterocycles. The Morgan fingerprint density at radius 2 is 2.00 bits per heavy atom.